The maximum absolute atomic E-state index is 12.0. The first kappa shape index (κ1) is 29.7. The minimum Gasteiger partial charge on any atom is -0.459 e. The number of carbonyl (C=O) groups is 4. The van der Waals surface area contributed by atoms with E-state index in [1.165, 1.54) is 23.0 Å². The Labute approximate surface area is 183 Å². The molecule has 0 aliphatic heterocycles. The van der Waals surface area contributed by atoms with E-state index >= 15 is 0 Å². The Balaban J connectivity index is 0. The lowest BCUT2D eigenvalue weighted by atomic mass is 10.2. The molecule has 0 aromatic carbocycles. The van der Waals surface area contributed by atoms with E-state index in [2.05, 4.69) is 22.6 Å². The van der Waals surface area contributed by atoms with Gasteiger partial charge in [0, 0.05) is 12.2 Å². The van der Waals surface area contributed by atoms with Crippen LogP contribution in [0.1, 0.15) is 48.4 Å². The third-order valence-electron chi connectivity index (χ3n) is 2.92. The number of pyridine rings is 1. The molecule has 0 spiro atoms. The van der Waals surface area contributed by atoms with Crippen LogP contribution in [0.5, 0.6) is 0 Å². The highest BCUT2D eigenvalue weighted by atomic mass is 16.6. The summed E-state index contributed by atoms with van der Waals surface area (Å²) in [6.07, 6.45) is 4.91. The summed E-state index contributed by atoms with van der Waals surface area (Å²) in [6.45, 7) is 14.0. The molecule has 0 N–H and O–H groups in total. The molecule has 1 aromatic heterocycles. The zero-order valence-electron chi connectivity index (χ0n) is 18.8. The van der Waals surface area contributed by atoms with Gasteiger partial charge < -0.3 is 18.9 Å². The second-order valence-corrected chi connectivity index (χ2v) is 4.99. The first-order chi connectivity index (χ1) is 14.9. The number of rotatable bonds is 10. The van der Waals surface area contributed by atoms with Crippen molar-refractivity contribution in [2.24, 2.45) is 7.05 Å². The minimum atomic E-state index is -0.699. The molecule has 0 amide bonds. The number of nitrogens with zero attached hydrogens (tertiary/aromatic N) is 1. The molecule has 9 nitrogen and oxygen atoms in total. The molecule has 1 aromatic rings. The van der Waals surface area contributed by atoms with E-state index in [1.54, 1.807) is 7.05 Å². The fraction of sp³-hybridized carbons (Fsp3) is 0.409. The van der Waals surface area contributed by atoms with E-state index in [0.717, 1.165) is 12.2 Å². The summed E-state index contributed by atoms with van der Waals surface area (Å²) in [4.78, 5) is 45.8. The Morgan fingerprint density at radius 2 is 1.06 bits per heavy atom. The molecule has 0 aliphatic carbocycles. The van der Waals surface area contributed by atoms with Gasteiger partial charge in [-0.3, -0.25) is 0 Å². The molecule has 0 unspecified atom stereocenters. The largest absolute Gasteiger partial charge is 0.459 e. The fourth-order valence-corrected chi connectivity index (χ4v) is 1.78. The summed E-state index contributed by atoms with van der Waals surface area (Å²) in [5, 5.41) is 0. The smallest absolute Gasteiger partial charge is 0.344 e. The zero-order chi connectivity index (χ0) is 24.2. The van der Waals surface area contributed by atoms with Gasteiger partial charge in [0.2, 0.25) is 0 Å². The van der Waals surface area contributed by atoms with Crippen LogP contribution in [0.3, 0.4) is 0 Å². The standard InChI is InChI=1S/C18H20NO8.2C2H6/c1-4-15(20)24-6-8-26-17(22)13-10-14(12-19(3)11-13)18(23)27-9-7-25-16(21)5-2;2*1-2/h4-5,10-12H,1-2,6-9H2,3H3;2*1-2H3/q+1;;. The van der Waals surface area contributed by atoms with Crippen LogP contribution in [0.25, 0.3) is 0 Å². The maximum atomic E-state index is 12.0. The number of hydrogen-bond acceptors (Lipinski definition) is 8. The molecule has 1 heterocycles. The van der Waals surface area contributed by atoms with Crippen molar-refractivity contribution in [1.29, 1.82) is 0 Å². The Morgan fingerprint density at radius 1 is 0.742 bits per heavy atom. The van der Waals surface area contributed by atoms with Crippen molar-refractivity contribution in [2.75, 3.05) is 26.4 Å². The lowest BCUT2D eigenvalue weighted by Gasteiger charge is -2.07. The molecular weight excluding hydrogens is 406 g/mol. The monoisotopic (exact) mass is 438 g/mol. The highest BCUT2D eigenvalue weighted by molar-refractivity contribution is 5.94. The Kier molecular flexibility index (Phi) is 17.8. The second kappa shape index (κ2) is 18.5. The molecular formula is C22H32NO8+. The van der Waals surface area contributed by atoms with Crippen molar-refractivity contribution in [3.8, 4) is 0 Å². The molecule has 0 atom stereocenters. The van der Waals surface area contributed by atoms with E-state index in [4.69, 9.17) is 9.47 Å². The van der Waals surface area contributed by atoms with Crippen molar-refractivity contribution >= 4 is 23.9 Å². The van der Waals surface area contributed by atoms with Gasteiger partial charge in [-0.15, -0.1) is 0 Å². The average molecular weight is 438 g/mol. The van der Waals surface area contributed by atoms with Crippen LogP contribution in [0.4, 0.5) is 0 Å². The number of hydrogen-bond donors (Lipinski definition) is 0. The van der Waals surface area contributed by atoms with E-state index in [-0.39, 0.29) is 37.6 Å². The third kappa shape index (κ3) is 13.4. The number of esters is 4. The number of aryl methyl sites for hydroxylation is 1. The Hall–Kier alpha value is -3.49. The minimum absolute atomic E-state index is 0.111. The van der Waals surface area contributed by atoms with Gasteiger partial charge in [-0.1, -0.05) is 40.9 Å². The van der Waals surface area contributed by atoms with Crippen molar-refractivity contribution in [2.45, 2.75) is 27.7 Å². The first-order valence-electron chi connectivity index (χ1n) is 9.80. The van der Waals surface area contributed by atoms with Gasteiger partial charge >= 0.3 is 23.9 Å². The molecule has 0 radical (unpaired) electrons. The van der Waals surface area contributed by atoms with Crippen molar-refractivity contribution in [1.82, 2.24) is 0 Å². The Morgan fingerprint density at radius 3 is 1.39 bits per heavy atom. The van der Waals surface area contributed by atoms with Crippen LogP contribution in [0.2, 0.25) is 0 Å². The summed E-state index contributed by atoms with van der Waals surface area (Å²) < 4.78 is 20.8. The molecule has 0 aliphatic rings. The Bertz CT molecular complexity index is 685. The van der Waals surface area contributed by atoms with E-state index in [9.17, 15) is 19.2 Å². The van der Waals surface area contributed by atoms with Crippen molar-refractivity contribution < 1.29 is 42.7 Å². The summed E-state index contributed by atoms with van der Waals surface area (Å²) in [5.74, 6) is -2.65. The van der Waals surface area contributed by atoms with E-state index in [0.29, 0.717) is 0 Å². The van der Waals surface area contributed by atoms with Gasteiger partial charge in [0.05, 0.1) is 0 Å². The first-order valence-corrected chi connectivity index (χ1v) is 9.80. The summed E-state index contributed by atoms with van der Waals surface area (Å²) >= 11 is 0. The quantitative estimate of drug-likeness (QED) is 0.180. The SMILES string of the molecule is C=CC(=O)OCCOC(=O)c1cc(C(=O)OCCOC(=O)C=C)c[n+](C)c1.CC.CC. The van der Waals surface area contributed by atoms with Crippen LogP contribution < -0.4 is 4.57 Å². The summed E-state index contributed by atoms with van der Waals surface area (Å²) in [6, 6.07) is 1.30. The van der Waals surface area contributed by atoms with Crippen LogP contribution >= 0.6 is 0 Å². The lowest BCUT2D eigenvalue weighted by Crippen LogP contribution is -2.31. The van der Waals surface area contributed by atoms with Crippen LogP contribution in [0, 0.1) is 0 Å². The molecule has 9 heteroatoms. The highest BCUT2D eigenvalue weighted by Gasteiger charge is 2.18. The fourth-order valence-electron chi connectivity index (χ4n) is 1.78. The van der Waals surface area contributed by atoms with E-state index < -0.39 is 23.9 Å². The predicted molar refractivity (Wildman–Crippen MR) is 113 cm³/mol. The summed E-state index contributed by atoms with van der Waals surface area (Å²) in [5.41, 5.74) is 0.222. The predicted octanol–water partition coefficient (Wildman–Crippen LogP) is 2.34. The van der Waals surface area contributed by atoms with Crippen molar-refractivity contribution in [3.63, 3.8) is 0 Å². The molecule has 0 fully saturated rings. The lowest BCUT2D eigenvalue weighted by molar-refractivity contribution is -0.671. The molecule has 0 bridgehead atoms. The van der Waals surface area contributed by atoms with Gasteiger partial charge in [0.15, 0.2) is 12.4 Å². The third-order valence-corrected chi connectivity index (χ3v) is 2.92. The number of aromatic nitrogens is 1. The zero-order valence-corrected chi connectivity index (χ0v) is 18.8. The normalized spacial score (nSPS) is 8.81. The molecule has 0 saturated carbocycles. The van der Waals surface area contributed by atoms with Gasteiger partial charge in [-0.25, -0.2) is 23.7 Å². The van der Waals surface area contributed by atoms with Gasteiger partial charge in [0.1, 0.15) is 44.6 Å². The molecule has 172 valence electrons. The highest BCUT2D eigenvalue weighted by Crippen LogP contribution is 2.05. The maximum Gasteiger partial charge on any atom is 0.344 e. The van der Waals surface area contributed by atoms with Crippen LogP contribution in [-0.4, -0.2) is 50.3 Å². The number of ether oxygens (including phenoxy) is 4. The van der Waals surface area contributed by atoms with Gasteiger partial charge in [-0.2, -0.15) is 0 Å². The summed E-state index contributed by atoms with van der Waals surface area (Å²) in [7, 11) is 1.62. The molecule has 1 rings (SSSR count). The van der Waals surface area contributed by atoms with Gasteiger partial charge in [0.25, 0.3) is 0 Å². The topological polar surface area (TPSA) is 109 Å². The second-order valence-electron chi connectivity index (χ2n) is 4.99. The average Bonchev–Trinajstić information content (AvgIpc) is 2.80. The van der Waals surface area contributed by atoms with E-state index in [1.807, 2.05) is 27.7 Å². The van der Waals surface area contributed by atoms with Crippen molar-refractivity contribution in [3.05, 3.63) is 54.9 Å². The number of carbonyl (C=O) groups excluding carboxylic acids is 4. The van der Waals surface area contributed by atoms with Crippen LogP contribution in [0.15, 0.2) is 43.8 Å². The molecule has 0 saturated heterocycles. The van der Waals surface area contributed by atoms with Crippen LogP contribution in [-0.2, 0) is 35.6 Å². The van der Waals surface area contributed by atoms with Gasteiger partial charge in [-0.05, 0) is 6.07 Å². The molecule has 31 heavy (non-hydrogen) atoms.